The molecule has 0 N–H and O–H groups in total. The first-order valence-electron chi connectivity index (χ1n) is 19.1. The number of aromatic nitrogens is 2. The summed E-state index contributed by atoms with van der Waals surface area (Å²) in [5, 5.41) is 5.32. The topological polar surface area (TPSA) is 9.86 Å². The van der Waals surface area contributed by atoms with Crippen LogP contribution < -0.4 is 0 Å². The van der Waals surface area contributed by atoms with Crippen LogP contribution in [0.25, 0.3) is 88.1 Å². The lowest BCUT2D eigenvalue weighted by molar-refractivity contribution is 0.655. The van der Waals surface area contributed by atoms with Crippen LogP contribution in [0.5, 0.6) is 0 Å². The van der Waals surface area contributed by atoms with E-state index in [0.29, 0.717) is 0 Å². The van der Waals surface area contributed by atoms with Crippen LogP contribution in [0, 0.1) is 0 Å². The monoisotopic (exact) mass is 672 g/mol. The van der Waals surface area contributed by atoms with Crippen LogP contribution in [0.4, 0.5) is 0 Å². The summed E-state index contributed by atoms with van der Waals surface area (Å²) in [5.74, 6) is 0. The highest BCUT2D eigenvalue weighted by atomic mass is 15.0. The summed E-state index contributed by atoms with van der Waals surface area (Å²) < 4.78 is 5.38. The highest BCUT2D eigenvalue weighted by Gasteiger charge is 2.24. The van der Waals surface area contributed by atoms with E-state index in [1.807, 2.05) is 0 Å². The maximum Gasteiger partial charge on any atom is 0.0739 e. The third-order valence-corrected chi connectivity index (χ3v) is 10.9. The molecule has 2 aromatic heterocycles. The zero-order valence-corrected chi connectivity index (χ0v) is 30.1. The quantitative estimate of drug-likeness (QED) is 0.137. The van der Waals surface area contributed by atoms with Crippen LogP contribution in [0.2, 0.25) is 0 Å². The first-order valence-corrected chi connectivity index (χ1v) is 19.1. The Labute approximate surface area is 306 Å². The highest BCUT2D eigenvalue weighted by molar-refractivity contribution is 6.26. The van der Waals surface area contributed by atoms with Gasteiger partial charge in [0.05, 0.1) is 22.1 Å². The summed E-state index contributed by atoms with van der Waals surface area (Å²) in [6.45, 7) is 6.56. The van der Waals surface area contributed by atoms with E-state index in [0.717, 1.165) is 38.8 Å². The van der Waals surface area contributed by atoms with Crippen molar-refractivity contribution in [2.24, 2.45) is 0 Å². The Balaban J connectivity index is 1.47. The van der Waals surface area contributed by atoms with Crippen molar-refractivity contribution in [2.45, 2.75) is 52.6 Å². The number of nitrogens with zero attached hydrogens (tertiary/aromatic N) is 2. The molecule has 0 aliphatic heterocycles. The number of rotatable bonds is 10. The minimum Gasteiger partial charge on any atom is -0.338 e. The van der Waals surface area contributed by atoms with Crippen molar-refractivity contribution < 1.29 is 0 Å². The molecule has 0 saturated carbocycles. The van der Waals surface area contributed by atoms with Gasteiger partial charge in [-0.05, 0) is 70.5 Å². The average molecular weight is 673 g/mol. The summed E-state index contributed by atoms with van der Waals surface area (Å²) >= 11 is 0. The van der Waals surface area contributed by atoms with Crippen LogP contribution in [0.15, 0.2) is 158 Å². The lowest BCUT2D eigenvalue weighted by Gasteiger charge is -2.15. The van der Waals surface area contributed by atoms with E-state index in [1.165, 1.54) is 88.1 Å². The van der Waals surface area contributed by atoms with Gasteiger partial charge in [-0.25, -0.2) is 0 Å². The van der Waals surface area contributed by atoms with Crippen molar-refractivity contribution in [3.63, 3.8) is 0 Å². The highest BCUT2D eigenvalue weighted by Crippen LogP contribution is 2.46. The Bertz CT molecular complexity index is 2480. The Morgan fingerprint density at radius 3 is 1.02 bits per heavy atom. The van der Waals surface area contributed by atoms with Crippen LogP contribution >= 0.6 is 0 Å². The molecule has 0 spiro atoms. The summed E-state index contributed by atoms with van der Waals surface area (Å²) in [7, 11) is 0. The van der Waals surface area contributed by atoms with E-state index < -0.39 is 0 Å². The molecule has 2 heterocycles. The zero-order chi connectivity index (χ0) is 35.0. The molecular weight excluding hydrogens is 629 g/mol. The molecule has 9 aromatic rings. The molecule has 0 amide bonds. The second kappa shape index (κ2) is 13.7. The number of fused-ring (bicyclic) bond motifs is 7. The van der Waals surface area contributed by atoms with Crippen molar-refractivity contribution in [2.75, 3.05) is 0 Å². The molecule has 2 nitrogen and oxygen atoms in total. The number of aryl methyl sites for hydroxylation is 2. The van der Waals surface area contributed by atoms with Gasteiger partial charge in [-0.3, -0.25) is 0 Å². The molecule has 2 heteroatoms. The standard InChI is InChI=1S/C50H44N2/c1-3-5-29-51-47-43(37-23-15-9-16-24-37)31-39(35-19-11-7-12-20-35)33-45(47)41-27-28-42-46-34-40(36-21-13-8-14-22-36)32-44(38-25-17-10-18-26-38)48(46)52(30-6-4-2)50(42)49(41)51/h7-28,31-34H,3-6,29-30H2,1-2H3. The van der Waals surface area contributed by atoms with Crippen molar-refractivity contribution >= 4 is 43.6 Å². The maximum atomic E-state index is 2.69. The van der Waals surface area contributed by atoms with Gasteiger partial charge in [0.2, 0.25) is 0 Å². The largest absolute Gasteiger partial charge is 0.338 e. The maximum absolute atomic E-state index is 2.69. The predicted molar refractivity (Wildman–Crippen MR) is 224 cm³/mol. The van der Waals surface area contributed by atoms with Gasteiger partial charge in [0.15, 0.2) is 0 Å². The molecule has 9 rings (SSSR count). The Morgan fingerprint density at radius 1 is 0.327 bits per heavy atom. The average Bonchev–Trinajstić information content (AvgIpc) is 3.71. The molecule has 0 aliphatic rings. The van der Waals surface area contributed by atoms with Crippen LogP contribution in [0.1, 0.15) is 39.5 Å². The van der Waals surface area contributed by atoms with Crippen LogP contribution in [-0.4, -0.2) is 9.13 Å². The molecule has 0 bridgehead atoms. The van der Waals surface area contributed by atoms with Gasteiger partial charge in [0.1, 0.15) is 0 Å². The second-order valence-electron chi connectivity index (χ2n) is 14.2. The fourth-order valence-electron chi connectivity index (χ4n) is 8.40. The third kappa shape index (κ3) is 5.42. The summed E-state index contributed by atoms with van der Waals surface area (Å²) in [6, 6.07) is 58.4. The van der Waals surface area contributed by atoms with Crippen molar-refractivity contribution in [3.05, 3.63) is 158 Å². The lowest BCUT2D eigenvalue weighted by atomic mass is 9.95. The van der Waals surface area contributed by atoms with Gasteiger partial charge in [0, 0.05) is 45.8 Å². The Kier molecular flexibility index (Phi) is 8.45. The molecule has 52 heavy (non-hydrogen) atoms. The van der Waals surface area contributed by atoms with Gasteiger partial charge >= 0.3 is 0 Å². The van der Waals surface area contributed by atoms with Gasteiger partial charge in [-0.1, -0.05) is 160 Å². The molecule has 0 fully saturated rings. The first kappa shape index (κ1) is 32.1. The van der Waals surface area contributed by atoms with E-state index in [1.54, 1.807) is 0 Å². The first-order chi connectivity index (χ1) is 25.7. The molecule has 254 valence electrons. The molecule has 0 unspecified atom stereocenters. The molecule has 0 saturated heterocycles. The predicted octanol–water partition coefficient (Wildman–Crippen LogP) is 14.2. The molecule has 0 atom stereocenters. The minimum absolute atomic E-state index is 0.968. The SMILES string of the molecule is CCCCn1c2c(-c3ccccc3)cc(-c3ccccc3)cc2c2ccc3c4cc(-c5ccccc5)cc(-c5ccccc5)c4n(CCCC)c3c21. The van der Waals surface area contributed by atoms with E-state index >= 15 is 0 Å². The van der Waals surface area contributed by atoms with Gasteiger partial charge in [-0.2, -0.15) is 0 Å². The Hall–Kier alpha value is -5.86. The second-order valence-corrected chi connectivity index (χ2v) is 14.2. The van der Waals surface area contributed by atoms with Crippen molar-refractivity contribution in [1.82, 2.24) is 9.13 Å². The van der Waals surface area contributed by atoms with Crippen LogP contribution in [0.3, 0.4) is 0 Å². The van der Waals surface area contributed by atoms with E-state index in [-0.39, 0.29) is 0 Å². The molecular formula is C50H44N2. The minimum atomic E-state index is 0.968. The van der Waals surface area contributed by atoms with E-state index in [4.69, 9.17) is 0 Å². The van der Waals surface area contributed by atoms with Crippen molar-refractivity contribution in [3.8, 4) is 44.5 Å². The fraction of sp³-hybridized carbons (Fsp3) is 0.160. The number of hydrogen-bond donors (Lipinski definition) is 0. The van der Waals surface area contributed by atoms with E-state index in [2.05, 4.69) is 181 Å². The smallest absolute Gasteiger partial charge is 0.0739 e. The van der Waals surface area contributed by atoms with Crippen molar-refractivity contribution in [1.29, 1.82) is 0 Å². The Morgan fingerprint density at radius 2 is 0.673 bits per heavy atom. The zero-order valence-electron chi connectivity index (χ0n) is 30.1. The van der Waals surface area contributed by atoms with E-state index in [9.17, 15) is 0 Å². The summed E-state index contributed by atoms with van der Waals surface area (Å²) in [4.78, 5) is 0. The summed E-state index contributed by atoms with van der Waals surface area (Å²) in [5.41, 5.74) is 15.5. The normalized spacial score (nSPS) is 11.7. The fourth-order valence-corrected chi connectivity index (χ4v) is 8.40. The van der Waals surface area contributed by atoms with Gasteiger partial charge in [-0.15, -0.1) is 0 Å². The number of unbranched alkanes of at least 4 members (excludes halogenated alkanes) is 2. The van der Waals surface area contributed by atoms with Gasteiger partial charge in [0.25, 0.3) is 0 Å². The van der Waals surface area contributed by atoms with Crippen LogP contribution in [-0.2, 0) is 13.1 Å². The lowest BCUT2D eigenvalue weighted by Crippen LogP contribution is -2.03. The number of benzene rings is 7. The molecule has 7 aromatic carbocycles. The third-order valence-electron chi connectivity index (χ3n) is 10.9. The number of hydrogen-bond acceptors (Lipinski definition) is 0. The summed E-state index contributed by atoms with van der Waals surface area (Å²) in [6.07, 6.45) is 4.51. The molecule has 0 radical (unpaired) electrons. The molecule has 0 aliphatic carbocycles. The van der Waals surface area contributed by atoms with Gasteiger partial charge < -0.3 is 9.13 Å².